The molecule has 0 saturated carbocycles. The summed E-state index contributed by atoms with van der Waals surface area (Å²) in [6, 6.07) is 11.7. The van der Waals surface area contributed by atoms with Crippen molar-refractivity contribution >= 4 is 23.1 Å². The Morgan fingerprint density at radius 2 is 1.30 bits per heavy atom. The summed E-state index contributed by atoms with van der Waals surface area (Å²) in [5.74, 6) is -1.69. The third-order valence-electron chi connectivity index (χ3n) is 3.63. The molecule has 0 bridgehead atoms. The van der Waals surface area contributed by atoms with Crippen LogP contribution in [0.25, 0.3) is 0 Å². The maximum absolute atomic E-state index is 12.6. The number of carboxylic acids is 1. The number of carbonyl (C=O) groups is 2. The lowest BCUT2D eigenvalue weighted by Gasteiger charge is -2.17. The van der Waals surface area contributed by atoms with E-state index in [0.717, 1.165) is 5.69 Å². The number of rotatable bonds is 5. The number of nitrogens with zero attached hydrogens (tertiary/aromatic N) is 2. The van der Waals surface area contributed by atoms with Gasteiger partial charge in [-0.05, 0) is 42.5 Å². The summed E-state index contributed by atoms with van der Waals surface area (Å²) in [6.45, 7) is 0. The molecule has 0 fully saturated rings. The number of hydrogen-bond donors (Lipinski definition) is 0. The number of anilines is 2. The van der Waals surface area contributed by atoms with Crippen molar-refractivity contribution in [2.24, 2.45) is 0 Å². The molecular weight excluding hydrogens is 292 g/mol. The number of aromatic carboxylic acids is 1. The average molecular weight is 311 g/mol. The molecule has 0 N–H and O–H groups in total. The van der Waals surface area contributed by atoms with Gasteiger partial charge in [-0.3, -0.25) is 4.79 Å². The van der Waals surface area contributed by atoms with Gasteiger partial charge in [0.2, 0.25) is 0 Å². The van der Waals surface area contributed by atoms with Crippen LogP contribution in [0, 0.1) is 0 Å². The zero-order chi connectivity index (χ0) is 17.1. The summed E-state index contributed by atoms with van der Waals surface area (Å²) >= 11 is 0. The largest absolute Gasteiger partial charge is 0.545 e. The summed E-state index contributed by atoms with van der Waals surface area (Å²) < 4.78 is 0. The molecule has 0 aliphatic rings. The molecule has 0 amide bonds. The Morgan fingerprint density at radius 3 is 1.78 bits per heavy atom. The van der Waals surface area contributed by atoms with E-state index in [9.17, 15) is 14.7 Å². The molecule has 0 aliphatic heterocycles. The molecule has 0 atom stereocenters. The van der Waals surface area contributed by atoms with E-state index in [1.807, 2.05) is 31.1 Å². The van der Waals surface area contributed by atoms with Gasteiger partial charge in [-0.2, -0.15) is 0 Å². The van der Waals surface area contributed by atoms with E-state index in [0.29, 0.717) is 11.3 Å². The van der Waals surface area contributed by atoms with Crippen molar-refractivity contribution in [3.63, 3.8) is 0 Å². The normalized spacial score (nSPS) is 10.3. The molecule has 0 radical (unpaired) electrons. The van der Waals surface area contributed by atoms with E-state index in [4.69, 9.17) is 0 Å². The zero-order valence-electron chi connectivity index (χ0n) is 13.7. The second-order valence-corrected chi connectivity index (χ2v) is 5.68. The smallest absolute Gasteiger partial charge is 0.193 e. The van der Waals surface area contributed by atoms with Crippen LogP contribution in [0.5, 0.6) is 0 Å². The van der Waals surface area contributed by atoms with Gasteiger partial charge < -0.3 is 19.7 Å². The van der Waals surface area contributed by atoms with Crippen LogP contribution in [0.4, 0.5) is 11.4 Å². The molecule has 0 heterocycles. The van der Waals surface area contributed by atoms with Crippen LogP contribution in [0.1, 0.15) is 26.3 Å². The highest BCUT2D eigenvalue weighted by Crippen LogP contribution is 2.22. The summed E-state index contributed by atoms with van der Waals surface area (Å²) in [5.41, 5.74) is 2.13. The highest BCUT2D eigenvalue weighted by molar-refractivity contribution is 6.14. The molecule has 5 heteroatoms. The number of carboxylic acid groups (broad SMARTS) is 1. The van der Waals surface area contributed by atoms with Crippen LogP contribution in [0.2, 0.25) is 0 Å². The van der Waals surface area contributed by atoms with E-state index in [1.54, 1.807) is 37.2 Å². The summed E-state index contributed by atoms with van der Waals surface area (Å²) in [6.07, 6.45) is 0. The molecule has 2 aromatic rings. The second kappa shape index (κ2) is 6.52. The monoisotopic (exact) mass is 311 g/mol. The van der Waals surface area contributed by atoms with Crippen molar-refractivity contribution in [3.05, 3.63) is 59.2 Å². The van der Waals surface area contributed by atoms with Gasteiger partial charge in [0.25, 0.3) is 0 Å². The lowest BCUT2D eigenvalue weighted by molar-refractivity contribution is -0.255. The Kier molecular flexibility index (Phi) is 4.69. The van der Waals surface area contributed by atoms with E-state index < -0.39 is 5.97 Å². The summed E-state index contributed by atoms with van der Waals surface area (Å²) in [7, 11) is 7.42. The molecular formula is C18H19N2O3-. The van der Waals surface area contributed by atoms with Crippen LogP contribution in [0.3, 0.4) is 0 Å². The molecule has 5 nitrogen and oxygen atoms in total. The molecule has 0 spiro atoms. The summed E-state index contributed by atoms with van der Waals surface area (Å²) in [4.78, 5) is 27.7. The minimum absolute atomic E-state index is 0.0992. The Labute approximate surface area is 135 Å². The molecule has 2 aromatic carbocycles. The number of benzene rings is 2. The number of carbonyl (C=O) groups excluding carboxylic acids is 2. The summed E-state index contributed by atoms with van der Waals surface area (Å²) in [5, 5.41) is 11.4. The van der Waals surface area contributed by atoms with E-state index in [-0.39, 0.29) is 16.9 Å². The Balaban J connectivity index is 2.44. The topological polar surface area (TPSA) is 63.7 Å². The molecule has 0 aliphatic carbocycles. The van der Waals surface area contributed by atoms with E-state index in [2.05, 4.69) is 0 Å². The van der Waals surface area contributed by atoms with Crippen LogP contribution < -0.4 is 14.9 Å². The van der Waals surface area contributed by atoms with Crippen molar-refractivity contribution in [1.82, 2.24) is 0 Å². The van der Waals surface area contributed by atoms with Gasteiger partial charge in [0, 0.05) is 56.3 Å². The Hall–Kier alpha value is -2.82. The van der Waals surface area contributed by atoms with Gasteiger partial charge in [0.05, 0.1) is 5.97 Å². The predicted octanol–water partition coefficient (Wildman–Crippen LogP) is 1.41. The second-order valence-electron chi connectivity index (χ2n) is 5.68. The van der Waals surface area contributed by atoms with Gasteiger partial charge in [-0.1, -0.05) is 0 Å². The lowest BCUT2D eigenvalue weighted by Crippen LogP contribution is -2.25. The van der Waals surface area contributed by atoms with E-state index >= 15 is 0 Å². The standard InChI is InChI=1S/C18H20N2O3/c1-19(2)13-7-5-12(6-8-13)17(21)15-10-9-14(20(3)4)11-16(15)18(22)23/h5-11H,1-4H3,(H,22,23)/p-1. The molecule has 120 valence electrons. The van der Waals surface area contributed by atoms with E-state index in [1.165, 1.54) is 12.1 Å². The Morgan fingerprint density at radius 1 is 0.783 bits per heavy atom. The Bertz CT molecular complexity index is 734. The van der Waals surface area contributed by atoms with Crippen LogP contribution in [0.15, 0.2) is 42.5 Å². The first-order valence-electron chi connectivity index (χ1n) is 7.16. The SMILES string of the molecule is CN(C)c1ccc(C(=O)c2ccc(N(C)C)cc2C(=O)[O-])cc1. The maximum atomic E-state index is 12.6. The van der Waals surface area contributed by atoms with Crippen LogP contribution >= 0.6 is 0 Å². The fourth-order valence-electron chi connectivity index (χ4n) is 2.24. The molecule has 23 heavy (non-hydrogen) atoms. The average Bonchev–Trinajstić information content (AvgIpc) is 2.53. The van der Waals surface area contributed by atoms with Gasteiger partial charge >= 0.3 is 0 Å². The van der Waals surface area contributed by atoms with Crippen molar-refractivity contribution in [1.29, 1.82) is 0 Å². The quantitative estimate of drug-likeness (QED) is 0.781. The fourth-order valence-corrected chi connectivity index (χ4v) is 2.24. The van der Waals surface area contributed by atoms with Crippen LogP contribution in [-0.2, 0) is 0 Å². The van der Waals surface area contributed by atoms with Crippen molar-refractivity contribution < 1.29 is 14.7 Å². The molecule has 0 aromatic heterocycles. The number of hydrogen-bond acceptors (Lipinski definition) is 5. The fraction of sp³-hybridized carbons (Fsp3) is 0.222. The van der Waals surface area contributed by atoms with Gasteiger partial charge in [0.15, 0.2) is 5.78 Å². The third kappa shape index (κ3) is 3.51. The zero-order valence-corrected chi connectivity index (χ0v) is 13.7. The molecule has 2 rings (SSSR count). The van der Waals surface area contributed by atoms with Gasteiger partial charge in [-0.15, -0.1) is 0 Å². The minimum Gasteiger partial charge on any atom is -0.545 e. The highest BCUT2D eigenvalue weighted by Gasteiger charge is 2.15. The molecule has 0 saturated heterocycles. The number of ketones is 1. The van der Waals surface area contributed by atoms with Crippen molar-refractivity contribution in [2.75, 3.05) is 38.0 Å². The molecule has 0 unspecified atom stereocenters. The maximum Gasteiger partial charge on any atom is 0.193 e. The third-order valence-corrected chi connectivity index (χ3v) is 3.63. The first-order chi connectivity index (χ1) is 10.8. The van der Waals surface area contributed by atoms with Crippen molar-refractivity contribution in [2.45, 2.75) is 0 Å². The predicted molar refractivity (Wildman–Crippen MR) is 89.3 cm³/mol. The van der Waals surface area contributed by atoms with Crippen LogP contribution in [-0.4, -0.2) is 39.9 Å². The first-order valence-corrected chi connectivity index (χ1v) is 7.16. The van der Waals surface area contributed by atoms with Gasteiger partial charge in [-0.25, -0.2) is 0 Å². The first kappa shape index (κ1) is 16.5. The highest BCUT2D eigenvalue weighted by atomic mass is 16.4. The van der Waals surface area contributed by atoms with Gasteiger partial charge in [0.1, 0.15) is 0 Å². The van der Waals surface area contributed by atoms with Crippen molar-refractivity contribution in [3.8, 4) is 0 Å². The lowest BCUT2D eigenvalue weighted by atomic mass is 9.97. The minimum atomic E-state index is -1.36.